The Labute approximate surface area is 125 Å². The van der Waals surface area contributed by atoms with Gasteiger partial charge in [-0.3, -0.25) is 0 Å². The van der Waals surface area contributed by atoms with Gasteiger partial charge in [0.05, 0.1) is 0 Å². The van der Waals surface area contributed by atoms with Crippen molar-refractivity contribution < 1.29 is 17.6 Å². The molecule has 0 aliphatic heterocycles. The smallest absolute Gasteiger partial charge is 0.197 e. The number of hydrogen-bond donors (Lipinski definition) is 0. The van der Waals surface area contributed by atoms with E-state index in [1.165, 1.54) is 0 Å². The molecule has 1 saturated carbocycles. The number of fused-ring (bicyclic) bond motifs is 5. The molecule has 0 spiro atoms. The van der Waals surface area contributed by atoms with Crippen LogP contribution in [0.5, 0.6) is 0 Å². The topological polar surface area (TPSA) is 0 Å². The molecule has 2 aliphatic rings. The largest absolute Gasteiger partial charge is 0.203 e. The molecule has 2 bridgehead atoms. The van der Waals surface area contributed by atoms with Crippen molar-refractivity contribution in [1.82, 2.24) is 0 Å². The summed E-state index contributed by atoms with van der Waals surface area (Å²) in [5.41, 5.74) is 1.24. The molecule has 0 N–H and O–H groups in total. The van der Waals surface area contributed by atoms with Crippen molar-refractivity contribution in [2.24, 2.45) is 5.92 Å². The van der Waals surface area contributed by atoms with E-state index in [0.29, 0.717) is 19.3 Å². The molecule has 2 aliphatic carbocycles. The molecule has 0 amide bonds. The molecule has 22 heavy (non-hydrogen) atoms. The van der Waals surface area contributed by atoms with Gasteiger partial charge >= 0.3 is 0 Å². The molecule has 0 heterocycles. The van der Waals surface area contributed by atoms with E-state index in [-0.39, 0.29) is 28.9 Å². The van der Waals surface area contributed by atoms with Gasteiger partial charge in [-0.1, -0.05) is 30.3 Å². The van der Waals surface area contributed by atoms with Crippen LogP contribution in [0.4, 0.5) is 17.6 Å². The molecule has 2 aromatic rings. The van der Waals surface area contributed by atoms with Crippen molar-refractivity contribution in [3.05, 3.63) is 70.3 Å². The zero-order valence-corrected chi connectivity index (χ0v) is 11.8. The van der Waals surface area contributed by atoms with Crippen LogP contribution in [-0.4, -0.2) is 0 Å². The van der Waals surface area contributed by atoms with Gasteiger partial charge < -0.3 is 0 Å². The van der Waals surface area contributed by atoms with Gasteiger partial charge in [-0.05, 0) is 42.6 Å². The van der Waals surface area contributed by atoms with E-state index in [1.54, 1.807) is 0 Å². The Morgan fingerprint density at radius 2 is 1.23 bits per heavy atom. The zero-order valence-electron chi connectivity index (χ0n) is 11.8. The normalized spacial score (nSPS) is 25.5. The first-order valence-corrected chi connectivity index (χ1v) is 7.49. The van der Waals surface area contributed by atoms with Gasteiger partial charge in [-0.25, -0.2) is 17.6 Å². The van der Waals surface area contributed by atoms with Gasteiger partial charge in [0.25, 0.3) is 0 Å². The summed E-state index contributed by atoms with van der Waals surface area (Å²) in [5.74, 6) is -6.17. The highest BCUT2D eigenvalue weighted by molar-refractivity contribution is 5.46. The van der Waals surface area contributed by atoms with Crippen molar-refractivity contribution in [2.75, 3.05) is 0 Å². The molecule has 2 atom stereocenters. The molecule has 4 heteroatoms. The highest BCUT2D eigenvalue weighted by Crippen LogP contribution is 2.59. The van der Waals surface area contributed by atoms with Crippen molar-refractivity contribution in [3.63, 3.8) is 0 Å². The molecule has 0 radical (unpaired) electrons. The van der Waals surface area contributed by atoms with Gasteiger partial charge in [0.2, 0.25) is 0 Å². The van der Waals surface area contributed by atoms with Crippen molar-refractivity contribution in [2.45, 2.75) is 31.1 Å². The first-order valence-electron chi connectivity index (χ1n) is 7.49. The SMILES string of the molecule is Fc1c(F)c(F)c2c(c1F)C1CCC2C1Cc1ccccc1. The maximum atomic E-state index is 14.1. The van der Waals surface area contributed by atoms with E-state index >= 15 is 0 Å². The molecule has 0 aromatic heterocycles. The predicted octanol–water partition coefficient (Wildman–Crippen LogP) is 5.08. The summed E-state index contributed by atoms with van der Waals surface area (Å²) >= 11 is 0. The third kappa shape index (κ3) is 1.76. The standard InChI is InChI=1S/C18H14F4/c19-15-13-10-6-7-11(14(13)16(20)18(22)17(15)21)12(10)8-9-4-2-1-3-5-9/h1-5,10-12H,6-8H2. The summed E-state index contributed by atoms with van der Waals surface area (Å²) in [6.07, 6.45) is 2.08. The van der Waals surface area contributed by atoms with Gasteiger partial charge in [0, 0.05) is 11.1 Å². The number of rotatable bonds is 2. The first-order chi connectivity index (χ1) is 10.6. The van der Waals surface area contributed by atoms with E-state index in [2.05, 4.69) is 0 Å². The molecular weight excluding hydrogens is 292 g/mol. The van der Waals surface area contributed by atoms with Crippen LogP contribution in [0.15, 0.2) is 30.3 Å². The lowest BCUT2D eigenvalue weighted by Crippen LogP contribution is -2.09. The molecular formula is C18H14F4. The minimum absolute atomic E-state index is 0.0163. The van der Waals surface area contributed by atoms with E-state index in [4.69, 9.17) is 0 Å². The fraction of sp³-hybridized carbons (Fsp3) is 0.333. The van der Waals surface area contributed by atoms with Crippen molar-refractivity contribution in [3.8, 4) is 0 Å². The van der Waals surface area contributed by atoms with E-state index in [1.807, 2.05) is 30.3 Å². The summed E-state index contributed by atoms with van der Waals surface area (Å²) in [7, 11) is 0. The maximum Gasteiger partial charge on any atom is 0.197 e. The predicted molar refractivity (Wildman–Crippen MR) is 74.6 cm³/mol. The molecule has 4 rings (SSSR count). The second-order valence-corrected chi connectivity index (χ2v) is 6.23. The van der Waals surface area contributed by atoms with Crippen LogP contribution in [0.2, 0.25) is 0 Å². The summed E-state index contributed by atoms with van der Waals surface area (Å²) in [6.45, 7) is 0. The summed E-state index contributed by atoms with van der Waals surface area (Å²) in [6, 6.07) is 9.68. The quantitative estimate of drug-likeness (QED) is 0.412. The second kappa shape index (κ2) is 4.83. The van der Waals surface area contributed by atoms with Gasteiger partial charge in [0.1, 0.15) is 0 Å². The highest BCUT2D eigenvalue weighted by Gasteiger charge is 2.50. The lowest BCUT2D eigenvalue weighted by atomic mass is 9.88. The Morgan fingerprint density at radius 3 is 1.73 bits per heavy atom. The third-order valence-corrected chi connectivity index (χ3v) is 5.22. The minimum atomic E-state index is -1.68. The second-order valence-electron chi connectivity index (χ2n) is 6.23. The average molecular weight is 306 g/mol. The fourth-order valence-electron chi connectivity index (χ4n) is 4.35. The lowest BCUT2D eigenvalue weighted by Gasteiger charge is -2.17. The Bertz CT molecular complexity index is 696. The molecule has 2 aromatic carbocycles. The minimum Gasteiger partial charge on any atom is -0.203 e. The summed E-state index contributed by atoms with van der Waals surface area (Å²) in [4.78, 5) is 0. The molecule has 0 saturated heterocycles. The monoisotopic (exact) mass is 306 g/mol. The number of benzene rings is 2. The molecule has 114 valence electrons. The Morgan fingerprint density at radius 1 is 0.727 bits per heavy atom. The van der Waals surface area contributed by atoms with Crippen LogP contribution in [0.25, 0.3) is 0 Å². The first kappa shape index (κ1) is 13.8. The van der Waals surface area contributed by atoms with Gasteiger partial charge in [-0.2, -0.15) is 0 Å². The lowest BCUT2D eigenvalue weighted by molar-refractivity contribution is 0.394. The fourth-order valence-corrected chi connectivity index (χ4v) is 4.35. The average Bonchev–Trinajstić information content (AvgIpc) is 3.07. The van der Waals surface area contributed by atoms with E-state index in [0.717, 1.165) is 5.56 Å². The van der Waals surface area contributed by atoms with Crippen LogP contribution in [-0.2, 0) is 6.42 Å². The molecule has 1 fully saturated rings. The van der Waals surface area contributed by atoms with E-state index < -0.39 is 23.3 Å². The highest BCUT2D eigenvalue weighted by atomic mass is 19.2. The van der Waals surface area contributed by atoms with Crippen molar-refractivity contribution in [1.29, 1.82) is 0 Å². The Kier molecular flexibility index (Phi) is 3.03. The zero-order chi connectivity index (χ0) is 15.4. The van der Waals surface area contributed by atoms with Crippen LogP contribution in [0.1, 0.15) is 41.4 Å². The van der Waals surface area contributed by atoms with Crippen LogP contribution < -0.4 is 0 Å². The molecule has 2 unspecified atom stereocenters. The summed E-state index contributed by atoms with van der Waals surface area (Å²) in [5, 5.41) is 0. The Balaban J connectivity index is 1.79. The summed E-state index contributed by atoms with van der Waals surface area (Å²) < 4.78 is 55.3. The van der Waals surface area contributed by atoms with Crippen molar-refractivity contribution >= 4 is 0 Å². The van der Waals surface area contributed by atoms with E-state index in [9.17, 15) is 17.6 Å². The third-order valence-electron chi connectivity index (χ3n) is 5.22. The van der Waals surface area contributed by atoms with Gasteiger partial charge in [-0.15, -0.1) is 0 Å². The van der Waals surface area contributed by atoms with Crippen LogP contribution >= 0.6 is 0 Å². The maximum absolute atomic E-state index is 14.1. The molecule has 0 nitrogen and oxygen atoms in total. The number of halogens is 4. The Hall–Kier alpha value is -1.84. The van der Waals surface area contributed by atoms with Gasteiger partial charge in [0.15, 0.2) is 23.3 Å². The van der Waals surface area contributed by atoms with Crippen LogP contribution in [0, 0.1) is 29.2 Å². The number of hydrogen-bond acceptors (Lipinski definition) is 0. The van der Waals surface area contributed by atoms with Crippen LogP contribution in [0.3, 0.4) is 0 Å².